The SMILES string of the molecule is Cc1ccc(S(=O)(=O)N(NC(=O)OCC(Cl)(Cl)Cl)C(=O)OCC(Cl)(Cl)Cl)cc1. The van der Waals surface area contributed by atoms with Crippen LogP contribution in [0.1, 0.15) is 5.56 Å². The number of hydrogen-bond donors (Lipinski definition) is 1. The number of nitrogens with zero attached hydrogens (tertiary/aromatic N) is 1. The van der Waals surface area contributed by atoms with Crippen LogP contribution in [0.25, 0.3) is 0 Å². The number of ether oxygens (including phenoxy) is 2. The maximum Gasteiger partial charge on any atom is 0.443 e. The number of aryl methyl sites for hydroxylation is 1. The molecule has 1 N–H and O–H groups in total. The highest BCUT2D eigenvalue weighted by Gasteiger charge is 2.35. The summed E-state index contributed by atoms with van der Waals surface area (Å²) < 4.78 is 30.5. The van der Waals surface area contributed by atoms with Crippen molar-refractivity contribution in [2.45, 2.75) is 19.4 Å². The van der Waals surface area contributed by atoms with Gasteiger partial charge in [-0.05, 0) is 19.1 Å². The first-order valence-corrected chi connectivity index (χ1v) is 10.7. The van der Waals surface area contributed by atoms with Crippen molar-refractivity contribution in [2.75, 3.05) is 13.2 Å². The molecule has 0 spiro atoms. The first-order chi connectivity index (χ1) is 12.6. The van der Waals surface area contributed by atoms with Crippen molar-refractivity contribution in [1.82, 2.24) is 9.84 Å². The Bertz CT molecular complexity index is 806. The summed E-state index contributed by atoms with van der Waals surface area (Å²) in [4.78, 5) is 23.7. The van der Waals surface area contributed by atoms with Gasteiger partial charge in [0.2, 0.25) is 7.59 Å². The highest BCUT2D eigenvalue weighted by atomic mass is 35.6. The first kappa shape index (κ1) is 25.5. The summed E-state index contributed by atoms with van der Waals surface area (Å²) in [6.45, 7) is 0.183. The van der Waals surface area contributed by atoms with Crippen molar-refractivity contribution >= 4 is 91.8 Å². The van der Waals surface area contributed by atoms with Gasteiger partial charge in [0, 0.05) is 0 Å². The lowest BCUT2D eigenvalue weighted by atomic mass is 10.2. The Labute approximate surface area is 190 Å². The highest BCUT2D eigenvalue weighted by Crippen LogP contribution is 2.27. The lowest BCUT2D eigenvalue weighted by molar-refractivity contribution is 0.0998. The quantitative estimate of drug-likeness (QED) is 0.449. The van der Waals surface area contributed by atoms with Gasteiger partial charge < -0.3 is 9.47 Å². The average Bonchev–Trinajstić information content (AvgIpc) is 2.54. The monoisotopic (exact) mass is 534 g/mol. The standard InChI is InChI=1S/C13H12Cl6N2O6S/c1-8-2-4-9(5-3-8)28(24,25)21(11(23)27-7-13(17,18)19)20-10(22)26-6-12(14,15)16/h2-5H,6-7H2,1H3,(H,20,22). The van der Waals surface area contributed by atoms with Crippen molar-refractivity contribution in [3.8, 4) is 0 Å². The molecule has 158 valence electrons. The molecule has 0 aliphatic carbocycles. The fraction of sp³-hybridized carbons (Fsp3) is 0.385. The van der Waals surface area contributed by atoms with Crippen LogP contribution in [0.5, 0.6) is 0 Å². The Hall–Kier alpha value is -0.550. The van der Waals surface area contributed by atoms with Gasteiger partial charge in [0.05, 0.1) is 4.90 Å². The predicted molar refractivity (Wildman–Crippen MR) is 107 cm³/mol. The van der Waals surface area contributed by atoms with Crippen LogP contribution in [0.2, 0.25) is 0 Å². The number of nitrogens with one attached hydrogen (secondary N) is 1. The van der Waals surface area contributed by atoms with Gasteiger partial charge >= 0.3 is 12.2 Å². The zero-order valence-corrected chi connectivity index (χ0v) is 19.1. The number of sulfonamides is 1. The molecule has 8 nitrogen and oxygen atoms in total. The Kier molecular flexibility index (Phi) is 9.08. The summed E-state index contributed by atoms with van der Waals surface area (Å²) in [5.41, 5.74) is 2.43. The molecular weight excluding hydrogens is 525 g/mol. The summed E-state index contributed by atoms with van der Waals surface area (Å²) in [5.74, 6) is 0. The number of hydrazine groups is 1. The van der Waals surface area contributed by atoms with Crippen LogP contribution in [-0.2, 0) is 19.5 Å². The molecule has 15 heteroatoms. The molecule has 0 saturated heterocycles. The molecule has 0 radical (unpaired) electrons. The molecule has 2 amide bonds. The van der Waals surface area contributed by atoms with E-state index >= 15 is 0 Å². The van der Waals surface area contributed by atoms with Gasteiger partial charge in [-0.2, -0.15) is 8.42 Å². The number of carbonyl (C=O) groups excluding carboxylic acids is 2. The number of carbonyl (C=O) groups is 2. The Balaban J connectivity index is 3.10. The lowest BCUT2D eigenvalue weighted by Crippen LogP contribution is -2.50. The Morgan fingerprint density at radius 3 is 1.89 bits per heavy atom. The zero-order valence-electron chi connectivity index (χ0n) is 13.8. The van der Waals surface area contributed by atoms with Gasteiger partial charge in [-0.25, -0.2) is 15.0 Å². The minimum Gasteiger partial charge on any atom is -0.444 e. The van der Waals surface area contributed by atoms with Gasteiger partial charge in [0.25, 0.3) is 10.0 Å². The van der Waals surface area contributed by atoms with Crippen LogP contribution in [0.15, 0.2) is 29.2 Å². The number of hydrogen-bond acceptors (Lipinski definition) is 6. The van der Waals surface area contributed by atoms with E-state index in [-0.39, 0.29) is 9.31 Å². The van der Waals surface area contributed by atoms with Gasteiger partial charge in [0.15, 0.2) is 0 Å². The first-order valence-electron chi connectivity index (χ1n) is 6.97. The molecule has 1 aromatic carbocycles. The van der Waals surface area contributed by atoms with Gasteiger partial charge in [-0.3, -0.25) is 0 Å². The minimum absolute atomic E-state index is 0.130. The zero-order chi connectivity index (χ0) is 21.8. The molecule has 0 fully saturated rings. The van der Waals surface area contributed by atoms with Gasteiger partial charge in [-0.1, -0.05) is 87.3 Å². The Morgan fingerprint density at radius 1 is 0.964 bits per heavy atom. The van der Waals surface area contributed by atoms with E-state index in [1.165, 1.54) is 24.3 Å². The molecule has 1 aromatic rings. The normalized spacial score (nSPS) is 12.2. The topological polar surface area (TPSA) is 102 Å². The third-order valence-electron chi connectivity index (χ3n) is 2.64. The molecule has 0 aliphatic rings. The molecule has 0 saturated carbocycles. The van der Waals surface area contributed by atoms with E-state index in [0.29, 0.717) is 0 Å². The maximum absolute atomic E-state index is 12.7. The van der Waals surface area contributed by atoms with Crippen molar-refractivity contribution < 1.29 is 27.5 Å². The number of benzene rings is 1. The molecule has 0 heterocycles. The van der Waals surface area contributed by atoms with E-state index < -0.39 is 43.0 Å². The second kappa shape index (κ2) is 9.97. The van der Waals surface area contributed by atoms with E-state index in [1.807, 2.05) is 0 Å². The highest BCUT2D eigenvalue weighted by molar-refractivity contribution is 7.89. The molecular formula is C13H12Cl6N2O6S. The van der Waals surface area contributed by atoms with Gasteiger partial charge in [-0.15, -0.1) is 4.41 Å². The van der Waals surface area contributed by atoms with Crippen molar-refractivity contribution in [3.63, 3.8) is 0 Å². The van der Waals surface area contributed by atoms with Crippen molar-refractivity contribution in [2.24, 2.45) is 0 Å². The molecule has 0 bridgehead atoms. The van der Waals surface area contributed by atoms with E-state index in [9.17, 15) is 18.0 Å². The number of alkyl halides is 6. The summed E-state index contributed by atoms with van der Waals surface area (Å²) in [6.07, 6.45) is -2.99. The van der Waals surface area contributed by atoms with Crippen LogP contribution in [0, 0.1) is 6.92 Å². The van der Waals surface area contributed by atoms with Crippen LogP contribution in [-0.4, -0.2) is 45.8 Å². The molecule has 0 aliphatic heterocycles. The van der Waals surface area contributed by atoms with Crippen LogP contribution in [0.4, 0.5) is 9.59 Å². The van der Waals surface area contributed by atoms with Crippen molar-refractivity contribution in [3.05, 3.63) is 29.8 Å². The van der Waals surface area contributed by atoms with E-state index in [4.69, 9.17) is 69.6 Å². The van der Waals surface area contributed by atoms with E-state index in [2.05, 4.69) is 9.47 Å². The smallest absolute Gasteiger partial charge is 0.443 e. The molecule has 1 rings (SSSR count). The molecule has 28 heavy (non-hydrogen) atoms. The molecule has 0 atom stereocenters. The number of halogens is 6. The largest absolute Gasteiger partial charge is 0.444 e. The predicted octanol–water partition coefficient (Wildman–Crippen LogP) is 4.50. The second-order valence-corrected chi connectivity index (χ2v) is 11.9. The van der Waals surface area contributed by atoms with Crippen LogP contribution in [0.3, 0.4) is 0 Å². The van der Waals surface area contributed by atoms with Crippen molar-refractivity contribution in [1.29, 1.82) is 0 Å². The van der Waals surface area contributed by atoms with Gasteiger partial charge in [0.1, 0.15) is 13.2 Å². The molecule has 0 unspecified atom stereocenters. The van der Waals surface area contributed by atoms with Crippen LogP contribution < -0.4 is 5.43 Å². The fourth-order valence-corrected chi connectivity index (χ4v) is 2.95. The average molecular weight is 537 g/mol. The minimum atomic E-state index is -4.61. The van der Waals surface area contributed by atoms with Crippen LogP contribution >= 0.6 is 69.6 Å². The molecule has 0 aromatic heterocycles. The van der Waals surface area contributed by atoms with E-state index in [1.54, 1.807) is 12.3 Å². The maximum atomic E-state index is 12.7. The second-order valence-electron chi connectivity index (χ2n) is 5.06. The summed E-state index contributed by atoms with van der Waals surface area (Å²) in [6, 6.07) is 5.35. The third kappa shape index (κ3) is 8.86. The number of rotatable bonds is 4. The Morgan fingerprint density at radius 2 is 1.43 bits per heavy atom. The van der Waals surface area contributed by atoms with E-state index in [0.717, 1.165) is 5.56 Å². The third-order valence-corrected chi connectivity index (χ3v) is 4.89. The lowest BCUT2D eigenvalue weighted by Gasteiger charge is -2.23. The summed E-state index contributed by atoms with van der Waals surface area (Å²) >= 11 is 32.7. The summed E-state index contributed by atoms with van der Waals surface area (Å²) in [5, 5.41) is 0. The fourth-order valence-electron chi connectivity index (χ4n) is 1.48. The number of amides is 2. The summed E-state index contributed by atoms with van der Waals surface area (Å²) in [7, 11) is -4.61.